The third kappa shape index (κ3) is 3.34. The maximum absolute atomic E-state index is 13.4. The minimum Gasteiger partial charge on any atom is -0.279 e. The summed E-state index contributed by atoms with van der Waals surface area (Å²) in [5, 5.41) is 10.8. The van der Waals surface area contributed by atoms with Crippen LogP contribution in [-0.4, -0.2) is 13.3 Å². The molecule has 0 fully saturated rings. The predicted molar refractivity (Wildman–Crippen MR) is 94.0 cm³/mol. The Hall–Kier alpha value is -2.48. The molecule has 0 aromatic heterocycles. The van der Waals surface area contributed by atoms with Crippen LogP contribution in [0.1, 0.15) is 27.8 Å². The maximum atomic E-state index is 13.4. The van der Waals surface area contributed by atoms with E-state index in [1.165, 1.54) is 0 Å². The fraction of sp³-hybridized carbons (Fsp3) is 0.294. The van der Waals surface area contributed by atoms with Crippen molar-refractivity contribution in [3.8, 4) is 0 Å². The second-order valence-corrected chi connectivity index (χ2v) is 7.60. The lowest BCUT2D eigenvalue weighted by Gasteiger charge is -2.19. The Kier molecular flexibility index (Phi) is 4.85. The van der Waals surface area contributed by atoms with Crippen molar-refractivity contribution in [2.75, 3.05) is 4.72 Å². The summed E-state index contributed by atoms with van der Waals surface area (Å²) >= 11 is 0. The highest BCUT2D eigenvalue weighted by Crippen LogP contribution is 2.31. The van der Waals surface area contributed by atoms with Gasteiger partial charge in [-0.15, -0.1) is 0 Å². The smallest absolute Gasteiger partial charge is 0.279 e. The summed E-state index contributed by atoms with van der Waals surface area (Å²) in [4.78, 5) is 10.1. The second-order valence-electron chi connectivity index (χ2n) is 5.98. The molecule has 0 aliphatic carbocycles. The molecule has 134 valence electrons. The number of hydrogen-bond donors (Lipinski definition) is 1. The van der Waals surface area contributed by atoms with Gasteiger partial charge in [0, 0.05) is 6.07 Å². The zero-order chi connectivity index (χ0) is 19.1. The van der Waals surface area contributed by atoms with Gasteiger partial charge in [-0.1, -0.05) is 0 Å². The van der Waals surface area contributed by atoms with Gasteiger partial charge in [0.2, 0.25) is 5.82 Å². The van der Waals surface area contributed by atoms with E-state index < -0.39 is 26.5 Å². The fourth-order valence-electron chi connectivity index (χ4n) is 2.79. The van der Waals surface area contributed by atoms with E-state index >= 15 is 0 Å². The van der Waals surface area contributed by atoms with Crippen molar-refractivity contribution < 1.29 is 17.7 Å². The summed E-state index contributed by atoms with van der Waals surface area (Å²) in [7, 11) is -3.99. The van der Waals surface area contributed by atoms with Crippen molar-refractivity contribution in [3.05, 3.63) is 61.9 Å². The lowest BCUT2D eigenvalue weighted by atomic mass is 9.95. The normalized spacial score (nSPS) is 11.4. The molecule has 0 aliphatic rings. The Labute approximate surface area is 145 Å². The highest BCUT2D eigenvalue weighted by Gasteiger charge is 2.25. The topological polar surface area (TPSA) is 89.3 Å². The van der Waals surface area contributed by atoms with Crippen LogP contribution < -0.4 is 4.72 Å². The van der Waals surface area contributed by atoms with E-state index in [0.717, 1.165) is 34.9 Å². The second kappa shape index (κ2) is 6.44. The molecule has 0 radical (unpaired) electrons. The number of halogens is 1. The zero-order valence-electron chi connectivity index (χ0n) is 14.6. The van der Waals surface area contributed by atoms with Crippen LogP contribution in [0, 0.1) is 50.6 Å². The van der Waals surface area contributed by atoms with Gasteiger partial charge in [0.1, 0.15) is 0 Å². The SMILES string of the molecule is Cc1c(C)c(C)c(S(=O)(=O)Nc2ccc(F)c([N+](=O)[O-])c2)c(C)c1C. The van der Waals surface area contributed by atoms with Crippen LogP contribution in [-0.2, 0) is 10.0 Å². The lowest BCUT2D eigenvalue weighted by molar-refractivity contribution is -0.387. The average molecular weight is 366 g/mol. The van der Waals surface area contributed by atoms with Crippen LogP contribution in [0.5, 0.6) is 0 Å². The summed E-state index contributed by atoms with van der Waals surface area (Å²) in [6.45, 7) is 9.06. The van der Waals surface area contributed by atoms with Gasteiger partial charge >= 0.3 is 5.69 Å². The molecule has 8 heteroatoms. The molecule has 25 heavy (non-hydrogen) atoms. The molecule has 0 atom stereocenters. The third-order valence-corrected chi connectivity index (χ3v) is 6.25. The number of hydrogen-bond acceptors (Lipinski definition) is 4. The molecule has 0 spiro atoms. The van der Waals surface area contributed by atoms with Gasteiger partial charge < -0.3 is 0 Å². The zero-order valence-corrected chi connectivity index (χ0v) is 15.4. The fourth-order valence-corrected chi connectivity index (χ4v) is 4.44. The number of sulfonamides is 1. The monoisotopic (exact) mass is 366 g/mol. The first kappa shape index (κ1) is 18.9. The molecule has 0 unspecified atom stereocenters. The molecule has 2 rings (SSSR count). The highest BCUT2D eigenvalue weighted by atomic mass is 32.2. The summed E-state index contributed by atoms with van der Waals surface area (Å²) in [5.41, 5.74) is 3.13. The molecule has 2 aromatic carbocycles. The van der Waals surface area contributed by atoms with E-state index in [9.17, 15) is 22.9 Å². The largest absolute Gasteiger partial charge is 0.306 e. The molecule has 2 aromatic rings. The van der Waals surface area contributed by atoms with Crippen molar-refractivity contribution in [1.82, 2.24) is 0 Å². The number of benzene rings is 2. The molecular formula is C17H19FN2O4S. The van der Waals surface area contributed by atoms with Gasteiger partial charge in [0.25, 0.3) is 10.0 Å². The predicted octanol–water partition coefficient (Wildman–Crippen LogP) is 4.08. The Morgan fingerprint density at radius 2 is 1.44 bits per heavy atom. The minimum atomic E-state index is -3.99. The van der Waals surface area contributed by atoms with E-state index in [1.807, 2.05) is 20.8 Å². The minimum absolute atomic E-state index is 0.0669. The molecule has 0 bridgehead atoms. The quantitative estimate of drug-likeness (QED) is 0.652. The Bertz CT molecular complexity index is 956. The van der Waals surface area contributed by atoms with Gasteiger partial charge in [0.15, 0.2) is 0 Å². The summed E-state index contributed by atoms with van der Waals surface area (Å²) < 4.78 is 41.5. The van der Waals surface area contributed by atoms with Gasteiger partial charge in [-0.3, -0.25) is 14.8 Å². The standard InChI is InChI=1S/C17H19FN2O4S/c1-9-10(2)12(4)17(13(5)11(9)3)25(23,24)19-14-6-7-15(18)16(8-14)20(21)22/h6-8,19H,1-5H3. The van der Waals surface area contributed by atoms with E-state index in [-0.39, 0.29) is 10.6 Å². The number of nitro groups is 1. The molecule has 0 heterocycles. The van der Waals surface area contributed by atoms with E-state index in [4.69, 9.17) is 0 Å². The van der Waals surface area contributed by atoms with Gasteiger partial charge in [-0.25, -0.2) is 8.42 Å². The number of nitrogens with zero attached hydrogens (tertiary/aromatic N) is 1. The number of anilines is 1. The summed E-state index contributed by atoms with van der Waals surface area (Å²) in [6.07, 6.45) is 0. The van der Waals surface area contributed by atoms with E-state index in [1.54, 1.807) is 13.8 Å². The Morgan fingerprint density at radius 1 is 0.960 bits per heavy atom. The van der Waals surface area contributed by atoms with Gasteiger partial charge in [-0.2, -0.15) is 4.39 Å². The lowest BCUT2D eigenvalue weighted by Crippen LogP contribution is -2.18. The van der Waals surface area contributed by atoms with Crippen molar-refractivity contribution in [1.29, 1.82) is 0 Å². The Morgan fingerprint density at radius 3 is 1.92 bits per heavy atom. The van der Waals surface area contributed by atoms with E-state index in [0.29, 0.717) is 11.1 Å². The van der Waals surface area contributed by atoms with Crippen molar-refractivity contribution in [2.45, 2.75) is 39.5 Å². The summed E-state index contributed by atoms with van der Waals surface area (Å²) in [5.74, 6) is -1.03. The molecule has 0 aliphatic heterocycles. The molecular weight excluding hydrogens is 347 g/mol. The maximum Gasteiger partial charge on any atom is 0.306 e. The van der Waals surface area contributed by atoms with Crippen LogP contribution in [0.4, 0.5) is 15.8 Å². The van der Waals surface area contributed by atoms with Gasteiger partial charge in [0.05, 0.1) is 15.5 Å². The number of nitro benzene ring substituents is 1. The van der Waals surface area contributed by atoms with Crippen molar-refractivity contribution >= 4 is 21.4 Å². The highest BCUT2D eigenvalue weighted by molar-refractivity contribution is 7.92. The molecule has 1 N–H and O–H groups in total. The van der Waals surface area contributed by atoms with Crippen LogP contribution in [0.25, 0.3) is 0 Å². The Balaban J connectivity index is 2.59. The first-order valence-corrected chi connectivity index (χ1v) is 8.99. The molecule has 0 saturated heterocycles. The van der Waals surface area contributed by atoms with Crippen LogP contribution in [0.15, 0.2) is 23.1 Å². The first-order chi connectivity index (χ1) is 11.5. The number of nitrogens with one attached hydrogen (secondary N) is 1. The van der Waals surface area contributed by atoms with Crippen LogP contribution >= 0.6 is 0 Å². The van der Waals surface area contributed by atoms with Crippen LogP contribution in [0.2, 0.25) is 0 Å². The number of rotatable bonds is 4. The van der Waals surface area contributed by atoms with Crippen molar-refractivity contribution in [3.63, 3.8) is 0 Å². The van der Waals surface area contributed by atoms with Crippen molar-refractivity contribution in [2.24, 2.45) is 0 Å². The summed E-state index contributed by atoms with van der Waals surface area (Å²) in [6, 6.07) is 2.88. The van der Waals surface area contributed by atoms with E-state index in [2.05, 4.69) is 4.72 Å². The first-order valence-electron chi connectivity index (χ1n) is 7.51. The third-order valence-electron chi connectivity index (χ3n) is 4.59. The molecule has 0 amide bonds. The van der Waals surface area contributed by atoms with Gasteiger partial charge in [-0.05, 0) is 74.6 Å². The molecule has 0 saturated carbocycles. The average Bonchev–Trinajstić information content (AvgIpc) is 2.52. The molecule has 6 nitrogen and oxygen atoms in total. The van der Waals surface area contributed by atoms with Crippen LogP contribution in [0.3, 0.4) is 0 Å².